The van der Waals surface area contributed by atoms with Crippen LogP contribution in [0.2, 0.25) is 0 Å². The van der Waals surface area contributed by atoms with Gasteiger partial charge < -0.3 is 0 Å². The third-order valence-corrected chi connectivity index (χ3v) is 3.36. The van der Waals surface area contributed by atoms with Crippen LogP contribution in [0.15, 0.2) is 0 Å². The lowest BCUT2D eigenvalue weighted by molar-refractivity contribution is 0.308. The van der Waals surface area contributed by atoms with Crippen molar-refractivity contribution in [3.63, 3.8) is 0 Å². The average molecular weight is 187 g/mol. The van der Waals surface area contributed by atoms with E-state index in [1.54, 1.807) is 0 Å². The van der Waals surface area contributed by atoms with Crippen molar-refractivity contribution >= 4 is 10.0 Å². The third kappa shape index (κ3) is 2.23. The van der Waals surface area contributed by atoms with E-state index in [0.717, 1.165) is 12.8 Å². The van der Waals surface area contributed by atoms with Crippen LogP contribution in [0.1, 0.15) is 12.8 Å². The molecule has 1 aliphatic rings. The monoisotopic (exact) mass is 187 g/mol. The number of terminal acetylenes is 1. The maximum absolute atomic E-state index is 11.1. The molecule has 68 valence electrons. The Bertz CT molecular complexity index is 289. The molecule has 0 amide bonds. The summed E-state index contributed by atoms with van der Waals surface area (Å²) in [4.78, 5) is 0. The first-order valence-electron chi connectivity index (χ1n) is 3.95. The zero-order valence-electron chi connectivity index (χ0n) is 7.16. The summed E-state index contributed by atoms with van der Waals surface area (Å²) in [6, 6.07) is 0. The first-order valence-corrected chi connectivity index (χ1v) is 5.80. The minimum Gasteiger partial charge on any atom is -0.213 e. The number of hydrogen-bond donors (Lipinski definition) is 0. The van der Waals surface area contributed by atoms with Gasteiger partial charge in [-0.25, -0.2) is 12.7 Å². The summed E-state index contributed by atoms with van der Waals surface area (Å²) in [5.74, 6) is 2.70. The van der Waals surface area contributed by atoms with Gasteiger partial charge >= 0.3 is 0 Å². The van der Waals surface area contributed by atoms with E-state index in [-0.39, 0.29) is 5.92 Å². The molecule has 1 aliphatic heterocycles. The molecule has 12 heavy (non-hydrogen) atoms. The molecule has 1 unspecified atom stereocenters. The lowest BCUT2D eigenvalue weighted by Crippen LogP contribution is -2.38. The van der Waals surface area contributed by atoms with E-state index in [0.29, 0.717) is 13.1 Å². The SMILES string of the molecule is C#CC1CCCN(S(C)(=O)=O)C1. The molecule has 1 atom stereocenters. The smallest absolute Gasteiger partial charge is 0.211 e. The Labute approximate surface area is 73.8 Å². The second kappa shape index (κ2) is 3.46. The van der Waals surface area contributed by atoms with E-state index < -0.39 is 10.0 Å². The van der Waals surface area contributed by atoms with Crippen molar-refractivity contribution in [3.8, 4) is 12.3 Å². The van der Waals surface area contributed by atoms with Crippen LogP contribution in [-0.4, -0.2) is 32.1 Å². The summed E-state index contributed by atoms with van der Waals surface area (Å²) in [6.07, 6.45) is 8.29. The molecule has 0 radical (unpaired) electrons. The van der Waals surface area contributed by atoms with Gasteiger partial charge in [-0.1, -0.05) is 0 Å². The molecule has 0 aliphatic carbocycles. The van der Waals surface area contributed by atoms with Crippen LogP contribution in [0.3, 0.4) is 0 Å². The fourth-order valence-electron chi connectivity index (χ4n) is 1.38. The van der Waals surface area contributed by atoms with Gasteiger partial charge in [-0.2, -0.15) is 0 Å². The summed E-state index contributed by atoms with van der Waals surface area (Å²) in [5, 5.41) is 0. The lowest BCUT2D eigenvalue weighted by Gasteiger charge is -2.27. The van der Waals surface area contributed by atoms with Crippen LogP contribution in [0.25, 0.3) is 0 Å². The molecule has 1 rings (SSSR count). The van der Waals surface area contributed by atoms with E-state index in [9.17, 15) is 8.42 Å². The summed E-state index contributed by atoms with van der Waals surface area (Å²) in [5.41, 5.74) is 0. The summed E-state index contributed by atoms with van der Waals surface area (Å²) in [6.45, 7) is 1.12. The van der Waals surface area contributed by atoms with Crippen molar-refractivity contribution in [1.29, 1.82) is 0 Å². The van der Waals surface area contributed by atoms with Crippen molar-refractivity contribution in [1.82, 2.24) is 4.31 Å². The molecular weight excluding hydrogens is 174 g/mol. The van der Waals surface area contributed by atoms with E-state index in [1.807, 2.05) is 0 Å². The molecule has 0 saturated carbocycles. The molecule has 0 bridgehead atoms. The molecule has 1 heterocycles. The predicted octanol–water partition coefficient (Wildman–Crippen LogP) is 0.291. The Morgan fingerprint density at radius 1 is 1.58 bits per heavy atom. The molecular formula is C8H13NO2S. The van der Waals surface area contributed by atoms with Crippen LogP contribution in [0.4, 0.5) is 0 Å². The predicted molar refractivity (Wildman–Crippen MR) is 48.0 cm³/mol. The minimum atomic E-state index is -3.03. The number of sulfonamides is 1. The quantitative estimate of drug-likeness (QED) is 0.553. The number of piperidine rings is 1. The number of rotatable bonds is 1. The highest BCUT2D eigenvalue weighted by atomic mass is 32.2. The molecule has 0 aromatic heterocycles. The van der Waals surface area contributed by atoms with Crippen molar-refractivity contribution in [3.05, 3.63) is 0 Å². The summed E-state index contributed by atoms with van der Waals surface area (Å²) in [7, 11) is -3.03. The van der Waals surface area contributed by atoms with Crippen LogP contribution in [-0.2, 0) is 10.0 Å². The molecule has 3 nitrogen and oxygen atoms in total. The van der Waals surface area contributed by atoms with Gasteiger partial charge in [0.2, 0.25) is 10.0 Å². The highest BCUT2D eigenvalue weighted by molar-refractivity contribution is 7.88. The largest absolute Gasteiger partial charge is 0.213 e. The first-order chi connectivity index (χ1) is 5.54. The summed E-state index contributed by atoms with van der Waals surface area (Å²) >= 11 is 0. The summed E-state index contributed by atoms with van der Waals surface area (Å²) < 4.78 is 23.7. The lowest BCUT2D eigenvalue weighted by atomic mass is 10.0. The molecule has 1 saturated heterocycles. The van der Waals surface area contributed by atoms with Gasteiger partial charge in [0.1, 0.15) is 0 Å². The van der Waals surface area contributed by atoms with Gasteiger partial charge in [0.05, 0.1) is 6.26 Å². The standard InChI is InChI=1S/C8H13NO2S/c1-3-8-5-4-6-9(7-8)12(2,10)11/h1,8H,4-7H2,2H3. The molecule has 1 fully saturated rings. The van der Waals surface area contributed by atoms with Crippen LogP contribution in [0.5, 0.6) is 0 Å². The highest BCUT2D eigenvalue weighted by Crippen LogP contribution is 2.17. The number of nitrogens with zero attached hydrogens (tertiary/aromatic N) is 1. The highest BCUT2D eigenvalue weighted by Gasteiger charge is 2.24. The van der Waals surface area contributed by atoms with Crippen molar-refractivity contribution in [2.75, 3.05) is 19.3 Å². The van der Waals surface area contributed by atoms with Gasteiger partial charge in [0, 0.05) is 19.0 Å². The average Bonchev–Trinajstić information content (AvgIpc) is 2.03. The Kier molecular flexibility index (Phi) is 2.76. The van der Waals surface area contributed by atoms with Crippen LogP contribution >= 0.6 is 0 Å². The van der Waals surface area contributed by atoms with Gasteiger partial charge in [-0.05, 0) is 12.8 Å². The Morgan fingerprint density at radius 3 is 2.75 bits per heavy atom. The maximum Gasteiger partial charge on any atom is 0.211 e. The van der Waals surface area contributed by atoms with Gasteiger partial charge in [0.25, 0.3) is 0 Å². The fraction of sp³-hybridized carbons (Fsp3) is 0.750. The van der Waals surface area contributed by atoms with Gasteiger partial charge in [0.15, 0.2) is 0 Å². The Morgan fingerprint density at radius 2 is 2.25 bits per heavy atom. The van der Waals surface area contributed by atoms with E-state index in [1.165, 1.54) is 10.6 Å². The Hall–Kier alpha value is -0.530. The molecule has 0 aromatic rings. The molecule has 0 aromatic carbocycles. The third-order valence-electron chi connectivity index (χ3n) is 2.09. The van der Waals surface area contributed by atoms with Crippen molar-refractivity contribution < 1.29 is 8.42 Å². The number of hydrogen-bond acceptors (Lipinski definition) is 2. The molecule has 0 N–H and O–H groups in total. The fourth-order valence-corrected chi connectivity index (χ4v) is 2.29. The zero-order valence-corrected chi connectivity index (χ0v) is 7.97. The van der Waals surface area contributed by atoms with Crippen molar-refractivity contribution in [2.24, 2.45) is 5.92 Å². The van der Waals surface area contributed by atoms with Crippen molar-refractivity contribution in [2.45, 2.75) is 12.8 Å². The van der Waals surface area contributed by atoms with Gasteiger partial charge in [-0.15, -0.1) is 12.3 Å². The van der Waals surface area contributed by atoms with E-state index >= 15 is 0 Å². The minimum absolute atomic E-state index is 0.105. The van der Waals surface area contributed by atoms with E-state index in [4.69, 9.17) is 6.42 Å². The Balaban J connectivity index is 2.66. The topological polar surface area (TPSA) is 37.4 Å². The van der Waals surface area contributed by atoms with E-state index in [2.05, 4.69) is 5.92 Å². The van der Waals surface area contributed by atoms with Crippen LogP contribution < -0.4 is 0 Å². The second-order valence-electron chi connectivity index (χ2n) is 3.13. The first kappa shape index (κ1) is 9.56. The normalized spacial score (nSPS) is 26.5. The zero-order chi connectivity index (χ0) is 9.19. The van der Waals surface area contributed by atoms with Gasteiger partial charge in [-0.3, -0.25) is 0 Å². The molecule has 4 heteroatoms. The van der Waals surface area contributed by atoms with Crippen LogP contribution in [0, 0.1) is 18.3 Å². The second-order valence-corrected chi connectivity index (χ2v) is 5.11. The molecule has 0 spiro atoms. The maximum atomic E-state index is 11.1.